The van der Waals surface area contributed by atoms with Crippen LogP contribution in [0.2, 0.25) is 0 Å². The molecule has 0 radical (unpaired) electrons. The second-order valence-corrected chi connectivity index (χ2v) is 7.10. The van der Waals surface area contributed by atoms with Crippen molar-refractivity contribution in [2.45, 2.75) is 20.4 Å². The molecule has 0 saturated heterocycles. The maximum atomic E-state index is 12.8. The molecule has 24 heavy (non-hydrogen) atoms. The number of nitrogens with one attached hydrogen (secondary N) is 1. The number of aromatic nitrogens is 4. The minimum atomic E-state index is -0.421. The van der Waals surface area contributed by atoms with E-state index in [2.05, 4.69) is 41.9 Å². The number of carbonyl (C=O) groups excluding carboxylic acids is 1. The molecule has 7 nitrogen and oxygen atoms in total. The van der Waals surface area contributed by atoms with E-state index in [1.165, 1.54) is 10.6 Å². The van der Waals surface area contributed by atoms with Crippen LogP contribution in [0, 0.1) is 13.8 Å². The van der Waals surface area contributed by atoms with Gasteiger partial charge in [0.25, 0.3) is 17.0 Å². The van der Waals surface area contributed by atoms with Crippen molar-refractivity contribution in [1.29, 1.82) is 0 Å². The summed E-state index contributed by atoms with van der Waals surface area (Å²) in [6.07, 6.45) is 0. The lowest BCUT2D eigenvalue weighted by molar-refractivity contribution is 0.0869. The monoisotopic (exact) mass is 454 g/mol. The fraction of sp³-hybridized carbons (Fsp3) is 0.200. The van der Waals surface area contributed by atoms with Gasteiger partial charge in [-0.1, -0.05) is 15.9 Å². The molecule has 0 aliphatic heterocycles. The van der Waals surface area contributed by atoms with Gasteiger partial charge < -0.3 is 0 Å². The summed E-state index contributed by atoms with van der Waals surface area (Å²) in [6, 6.07) is 4.79. The summed E-state index contributed by atoms with van der Waals surface area (Å²) in [5.74, 6) is -0.00830. The molecule has 0 aliphatic carbocycles. The molecule has 124 valence electrons. The summed E-state index contributed by atoms with van der Waals surface area (Å²) >= 11 is 6.73. The van der Waals surface area contributed by atoms with Crippen LogP contribution >= 0.6 is 31.9 Å². The number of hydrogen-bond donors (Lipinski definition) is 1. The van der Waals surface area contributed by atoms with Crippen molar-refractivity contribution in [1.82, 2.24) is 19.3 Å². The van der Waals surface area contributed by atoms with Crippen LogP contribution < -0.4 is 11.1 Å². The third-order valence-electron chi connectivity index (χ3n) is 3.63. The number of nitrogens with zero attached hydrogens (tertiary/aromatic N) is 3. The Bertz CT molecular complexity index is 1090. The van der Waals surface area contributed by atoms with E-state index in [0.29, 0.717) is 26.9 Å². The zero-order valence-corrected chi connectivity index (χ0v) is 15.9. The van der Waals surface area contributed by atoms with E-state index in [4.69, 9.17) is 0 Å². The van der Waals surface area contributed by atoms with Gasteiger partial charge in [0, 0.05) is 20.7 Å². The lowest BCUT2D eigenvalue weighted by atomic mass is 10.2. The van der Waals surface area contributed by atoms with Crippen LogP contribution in [0.4, 0.5) is 0 Å². The van der Waals surface area contributed by atoms with Gasteiger partial charge in [-0.15, -0.1) is 0 Å². The molecular formula is C15H12Br2N4O3. The molecule has 0 unspecified atom stereocenters. The molecule has 2 aromatic heterocycles. The Labute approximate surface area is 152 Å². The van der Waals surface area contributed by atoms with Gasteiger partial charge in [0.05, 0.1) is 10.9 Å². The number of halogens is 2. The van der Waals surface area contributed by atoms with Crippen molar-refractivity contribution in [3.8, 4) is 0 Å². The van der Waals surface area contributed by atoms with Crippen LogP contribution in [0.25, 0.3) is 10.9 Å². The lowest BCUT2D eigenvalue weighted by Crippen LogP contribution is -2.31. The Balaban J connectivity index is 2.13. The van der Waals surface area contributed by atoms with Crippen LogP contribution in [-0.4, -0.2) is 25.2 Å². The van der Waals surface area contributed by atoms with Crippen molar-refractivity contribution in [3.05, 3.63) is 59.4 Å². The number of fused-ring (bicyclic) bond motifs is 1. The van der Waals surface area contributed by atoms with Gasteiger partial charge in [-0.25, -0.2) is 9.67 Å². The van der Waals surface area contributed by atoms with Crippen LogP contribution in [-0.2, 0) is 6.54 Å². The highest BCUT2D eigenvalue weighted by atomic mass is 79.9. The van der Waals surface area contributed by atoms with Gasteiger partial charge >= 0.3 is 0 Å². The molecule has 3 rings (SSSR count). The van der Waals surface area contributed by atoms with Crippen molar-refractivity contribution in [2.24, 2.45) is 0 Å². The smallest absolute Gasteiger partial charge is 0.265 e. The predicted molar refractivity (Wildman–Crippen MR) is 96.6 cm³/mol. The van der Waals surface area contributed by atoms with E-state index in [1.54, 1.807) is 26.0 Å². The summed E-state index contributed by atoms with van der Waals surface area (Å²) < 4.78 is 3.85. The second kappa shape index (κ2) is 6.14. The molecule has 2 heterocycles. The number of aromatic amines is 1. The summed E-state index contributed by atoms with van der Waals surface area (Å²) in [5, 5.41) is 2.82. The molecule has 3 aromatic rings. The molecule has 0 amide bonds. The first-order chi connectivity index (χ1) is 11.3. The van der Waals surface area contributed by atoms with Gasteiger partial charge in [-0.05, 0) is 41.9 Å². The Morgan fingerprint density at radius 1 is 1.21 bits per heavy atom. The van der Waals surface area contributed by atoms with Gasteiger partial charge in [0.15, 0.2) is 0 Å². The minimum absolute atomic E-state index is 0.219. The Morgan fingerprint density at radius 3 is 2.54 bits per heavy atom. The maximum Gasteiger partial charge on any atom is 0.265 e. The van der Waals surface area contributed by atoms with Crippen LogP contribution in [0.1, 0.15) is 16.3 Å². The highest BCUT2D eigenvalue weighted by Gasteiger charge is 2.16. The third kappa shape index (κ3) is 2.89. The molecule has 0 saturated carbocycles. The van der Waals surface area contributed by atoms with Crippen molar-refractivity contribution in [2.75, 3.05) is 0 Å². The first kappa shape index (κ1) is 16.8. The topological polar surface area (TPSA) is 89.8 Å². The predicted octanol–water partition coefficient (Wildman–Crippen LogP) is 2.37. The Hall–Kier alpha value is -2.00. The molecule has 0 spiro atoms. The Kier molecular flexibility index (Phi) is 4.31. The first-order valence-corrected chi connectivity index (χ1v) is 8.54. The van der Waals surface area contributed by atoms with E-state index in [1.807, 2.05) is 0 Å². The van der Waals surface area contributed by atoms with Gasteiger partial charge in [0.2, 0.25) is 0 Å². The second-order valence-electron chi connectivity index (χ2n) is 5.33. The van der Waals surface area contributed by atoms with E-state index in [-0.39, 0.29) is 17.7 Å². The summed E-state index contributed by atoms with van der Waals surface area (Å²) in [4.78, 5) is 40.9. The fourth-order valence-corrected chi connectivity index (χ4v) is 3.81. The summed E-state index contributed by atoms with van der Waals surface area (Å²) in [6.45, 7) is 3.08. The number of hydrogen-bond acceptors (Lipinski definition) is 4. The number of rotatable bonds is 2. The molecule has 0 atom stereocenters. The summed E-state index contributed by atoms with van der Waals surface area (Å²) in [5.41, 5.74) is 0.333. The Morgan fingerprint density at radius 2 is 1.92 bits per heavy atom. The van der Waals surface area contributed by atoms with E-state index in [0.717, 1.165) is 9.15 Å². The molecule has 0 bridgehead atoms. The van der Waals surface area contributed by atoms with Crippen molar-refractivity contribution >= 4 is 48.7 Å². The average Bonchev–Trinajstić information content (AvgIpc) is 2.83. The summed E-state index contributed by atoms with van der Waals surface area (Å²) in [7, 11) is 0. The molecular weight excluding hydrogens is 444 g/mol. The maximum absolute atomic E-state index is 12.8. The van der Waals surface area contributed by atoms with E-state index >= 15 is 0 Å². The number of H-pyrrole nitrogens is 1. The average molecular weight is 456 g/mol. The number of benzene rings is 1. The fourth-order valence-electron chi connectivity index (χ4n) is 2.49. The quantitative estimate of drug-likeness (QED) is 0.642. The van der Waals surface area contributed by atoms with Crippen LogP contribution in [0.5, 0.6) is 0 Å². The number of carbonyl (C=O) groups is 1. The van der Waals surface area contributed by atoms with Crippen LogP contribution in [0.3, 0.4) is 0 Å². The highest BCUT2D eigenvalue weighted by Crippen LogP contribution is 2.25. The highest BCUT2D eigenvalue weighted by molar-refractivity contribution is 9.11. The standard InChI is InChI=1S/C15H12Br2N4O3/c1-7-3-12(22)19-21(7)13(23)6-20-8(2)18-14-10(15(20)24)4-9(16)5-11(14)17/h3-5H,6H2,1-2H3,(H,19,22). The van der Waals surface area contributed by atoms with Gasteiger partial charge in [0.1, 0.15) is 12.4 Å². The normalized spacial score (nSPS) is 11.2. The molecule has 0 aliphatic rings. The van der Waals surface area contributed by atoms with E-state index in [9.17, 15) is 14.4 Å². The molecule has 9 heteroatoms. The zero-order valence-electron chi connectivity index (χ0n) is 12.8. The van der Waals surface area contributed by atoms with Gasteiger partial charge in [-0.2, -0.15) is 0 Å². The third-order valence-corrected chi connectivity index (χ3v) is 4.69. The van der Waals surface area contributed by atoms with Crippen molar-refractivity contribution < 1.29 is 4.79 Å². The SMILES string of the molecule is Cc1cc(=O)[nH]n1C(=O)Cn1c(C)nc2c(Br)cc(Br)cc2c1=O. The van der Waals surface area contributed by atoms with Gasteiger partial charge in [-0.3, -0.25) is 24.0 Å². The lowest BCUT2D eigenvalue weighted by Gasteiger charge is -2.12. The van der Waals surface area contributed by atoms with Crippen molar-refractivity contribution in [3.63, 3.8) is 0 Å². The molecule has 0 fully saturated rings. The largest absolute Gasteiger partial charge is 0.287 e. The van der Waals surface area contributed by atoms with E-state index < -0.39 is 5.91 Å². The first-order valence-electron chi connectivity index (χ1n) is 6.96. The molecule has 1 N–H and O–H groups in total. The molecule has 1 aromatic carbocycles. The minimum Gasteiger partial charge on any atom is -0.287 e. The van der Waals surface area contributed by atoms with Crippen LogP contribution in [0.15, 0.2) is 36.7 Å². The zero-order chi connectivity index (χ0) is 17.6. The number of aryl methyl sites for hydroxylation is 2.